The lowest BCUT2D eigenvalue weighted by molar-refractivity contribution is 0.139. The topological polar surface area (TPSA) is 60.8 Å². The van der Waals surface area contributed by atoms with Crippen molar-refractivity contribution >= 4 is 17.7 Å². The zero-order valence-electron chi connectivity index (χ0n) is 12.1. The molecule has 2 aromatic rings. The lowest BCUT2D eigenvalue weighted by Gasteiger charge is -2.20. The number of hydrogen-bond donors (Lipinski definition) is 2. The summed E-state index contributed by atoms with van der Waals surface area (Å²) in [4.78, 5) is 12.8. The quantitative estimate of drug-likeness (QED) is 0.856. The predicted octanol–water partition coefficient (Wildman–Crippen LogP) is 3.56. The molecule has 0 aliphatic rings. The van der Waals surface area contributed by atoms with Crippen molar-refractivity contribution in [2.45, 2.75) is 19.5 Å². The fourth-order valence-electron chi connectivity index (χ4n) is 2.26. The Morgan fingerprint density at radius 3 is 2.45 bits per heavy atom. The monoisotopic (exact) mass is 319 g/mol. The zero-order chi connectivity index (χ0) is 15.9. The molecule has 0 unspecified atom stereocenters. The number of aliphatic hydroxyl groups excluding tert-OH is 1. The first-order valence-corrected chi connectivity index (χ1v) is 7.38. The fourth-order valence-corrected chi connectivity index (χ4v) is 2.45. The Balaban J connectivity index is 2.14. The highest BCUT2D eigenvalue weighted by Crippen LogP contribution is 2.19. The third kappa shape index (κ3) is 4.48. The highest BCUT2D eigenvalue weighted by molar-refractivity contribution is 6.31. The number of halogens is 1. The Labute approximate surface area is 134 Å². The van der Waals surface area contributed by atoms with Gasteiger partial charge in [0.05, 0.1) is 6.54 Å². The molecule has 0 spiro atoms. The number of aliphatic hydroxyl groups is 1. The van der Waals surface area contributed by atoms with Crippen molar-refractivity contribution in [1.82, 2.24) is 4.90 Å². The first-order valence-electron chi connectivity index (χ1n) is 7.00. The van der Waals surface area contributed by atoms with E-state index in [-0.39, 0.29) is 19.7 Å². The van der Waals surface area contributed by atoms with Crippen LogP contribution in [0.5, 0.6) is 0 Å². The molecule has 5 heteroatoms. The minimum atomic E-state index is -0.993. The van der Waals surface area contributed by atoms with Gasteiger partial charge in [0.2, 0.25) is 0 Å². The number of carboxylic acid groups (broad SMARTS) is 1. The van der Waals surface area contributed by atoms with Crippen molar-refractivity contribution in [1.29, 1.82) is 0 Å². The summed E-state index contributed by atoms with van der Waals surface area (Å²) in [6, 6.07) is 14.8. The van der Waals surface area contributed by atoms with Crippen LogP contribution in [0.15, 0.2) is 48.5 Å². The van der Waals surface area contributed by atoms with Crippen LogP contribution in [0.2, 0.25) is 5.02 Å². The maximum absolute atomic E-state index is 11.5. The molecule has 2 rings (SSSR count). The molecule has 0 radical (unpaired) electrons. The number of rotatable bonds is 6. The number of hydrogen-bond acceptors (Lipinski definition) is 2. The number of benzene rings is 2. The van der Waals surface area contributed by atoms with E-state index >= 15 is 0 Å². The lowest BCUT2D eigenvalue weighted by atomic mass is 10.1. The van der Waals surface area contributed by atoms with E-state index in [1.54, 1.807) is 6.07 Å². The third-order valence-corrected chi connectivity index (χ3v) is 3.72. The maximum atomic E-state index is 11.5. The molecule has 2 N–H and O–H groups in total. The van der Waals surface area contributed by atoms with Gasteiger partial charge >= 0.3 is 6.09 Å². The van der Waals surface area contributed by atoms with Crippen LogP contribution >= 0.6 is 11.6 Å². The van der Waals surface area contributed by atoms with Crippen LogP contribution in [-0.2, 0) is 19.5 Å². The van der Waals surface area contributed by atoms with Crippen LogP contribution in [-0.4, -0.2) is 27.8 Å². The SMILES string of the molecule is O=C(O)N(Cc1cccc(CCO)c1)Cc1ccccc1Cl. The van der Waals surface area contributed by atoms with E-state index < -0.39 is 6.09 Å². The molecule has 0 saturated heterocycles. The second-order valence-electron chi connectivity index (χ2n) is 5.02. The summed E-state index contributed by atoms with van der Waals surface area (Å²) in [5.41, 5.74) is 2.65. The van der Waals surface area contributed by atoms with E-state index in [0.717, 1.165) is 16.7 Å². The molecular formula is C17H18ClNO3. The van der Waals surface area contributed by atoms with Crippen molar-refractivity contribution in [3.05, 3.63) is 70.2 Å². The number of nitrogens with zero attached hydrogens (tertiary/aromatic N) is 1. The second kappa shape index (κ2) is 7.82. The molecule has 0 bridgehead atoms. The molecule has 1 amide bonds. The van der Waals surface area contributed by atoms with Gasteiger partial charge in [0.1, 0.15) is 0 Å². The summed E-state index contributed by atoms with van der Waals surface area (Å²) >= 11 is 6.10. The first kappa shape index (κ1) is 16.3. The summed E-state index contributed by atoms with van der Waals surface area (Å²) in [5, 5.41) is 18.9. The maximum Gasteiger partial charge on any atom is 0.407 e. The minimum absolute atomic E-state index is 0.0751. The minimum Gasteiger partial charge on any atom is -0.465 e. The van der Waals surface area contributed by atoms with E-state index in [0.29, 0.717) is 11.4 Å². The van der Waals surface area contributed by atoms with Gasteiger partial charge in [0.25, 0.3) is 0 Å². The van der Waals surface area contributed by atoms with Crippen LogP contribution in [0.1, 0.15) is 16.7 Å². The summed E-state index contributed by atoms with van der Waals surface area (Å²) in [6.45, 7) is 0.588. The van der Waals surface area contributed by atoms with Crippen molar-refractivity contribution in [3.63, 3.8) is 0 Å². The average Bonchev–Trinajstić information content (AvgIpc) is 2.49. The van der Waals surface area contributed by atoms with Gasteiger partial charge in [-0.25, -0.2) is 4.79 Å². The summed E-state index contributed by atoms with van der Waals surface area (Å²) in [7, 11) is 0. The van der Waals surface area contributed by atoms with Crippen LogP contribution in [0.3, 0.4) is 0 Å². The number of amides is 1. The molecule has 116 valence electrons. The Morgan fingerprint density at radius 2 is 1.77 bits per heavy atom. The van der Waals surface area contributed by atoms with Gasteiger partial charge in [0.15, 0.2) is 0 Å². The summed E-state index contributed by atoms with van der Waals surface area (Å²) < 4.78 is 0. The highest BCUT2D eigenvalue weighted by Gasteiger charge is 2.14. The van der Waals surface area contributed by atoms with E-state index in [1.807, 2.05) is 42.5 Å². The molecule has 0 atom stereocenters. The standard InChI is InChI=1S/C17H18ClNO3/c18-16-7-2-1-6-15(16)12-19(17(21)22)11-14-5-3-4-13(10-14)8-9-20/h1-7,10,20H,8-9,11-12H2,(H,21,22). The predicted molar refractivity (Wildman–Crippen MR) is 86.0 cm³/mol. The van der Waals surface area contributed by atoms with E-state index in [9.17, 15) is 9.90 Å². The van der Waals surface area contributed by atoms with E-state index in [1.165, 1.54) is 4.90 Å². The van der Waals surface area contributed by atoms with Gasteiger partial charge in [-0.2, -0.15) is 0 Å². The molecule has 0 aliphatic heterocycles. The second-order valence-corrected chi connectivity index (χ2v) is 5.43. The smallest absolute Gasteiger partial charge is 0.407 e. The van der Waals surface area contributed by atoms with Crippen molar-refractivity contribution < 1.29 is 15.0 Å². The molecule has 0 aliphatic carbocycles. The normalized spacial score (nSPS) is 10.5. The zero-order valence-corrected chi connectivity index (χ0v) is 12.8. The first-order chi connectivity index (χ1) is 10.6. The van der Waals surface area contributed by atoms with E-state index in [4.69, 9.17) is 16.7 Å². The Hall–Kier alpha value is -2.04. The van der Waals surface area contributed by atoms with Crippen molar-refractivity contribution in [3.8, 4) is 0 Å². The van der Waals surface area contributed by atoms with Crippen LogP contribution in [0.4, 0.5) is 4.79 Å². The van der Waals surface area contributed by atoms with Crippen molar-refractivity contribution in [2.24, 2.45) is 0 Å². The molecular weight excluding hydrogens is 302 g/mol. The van der Waals surface area contributed by atoms with Gasteiger partial charge in [-0.15, -0.1) is 0 Å². The summed E-state index contributed by atoms with van der Waals surface area (Å²) in [5.74, 6) is 0. The Kier molecular flexibility index (Phi) is 5.81. The van der Waals surface area contributed by atoms with Crippen LogP contribution in [0, 0.1) is 0 Å². The summed E-state index contributed by atoms with van der Waals surface area (Å²) in [6.07, 6.45) is -0.432. The van der Waals surface area contributed by atoms with Gasteiger partial charge in [-0.3, -0.25) is 4.90 Å². The lowest BCUT2D eigenvalue weighted by Crippen LogP contribution is -2.28. The third-order valence-electron chi connectivity index (χ3n) is 3.35. The average molecular weight is 320 g/mol. The Morgan fingerprint density at radius 1 is 1.05 bits per heavy atom. The Bertz CT molecular complexity index is 645. The highest BCUT2D eigenvalue weighted by atomic mass is 35.5. The van der Waals surface area contributed by atoms with E-state index in [2.05, 4.69) is 0 Å². The van der Waals surface area contributed by atoms with Crippen molar-refractivity contribution in [2.75, 3.05) is 6.61 Å². The van der Waals surface area contributed by atoms with Gasteiger partial charge < -0.3 is 10.2 Å². The molecule has 4 nitrogen and oxygen atoms in total. The van der Waals surface area contributed by atoms with Crippen LogP contribution < -0.4 is 0 Å². The van der Waals surface area contributed by atoms with Crippen LogP contribution in [0.25, 0.3) is 0 Å². The molecule has 0 aromatic heterocycles. The largest absolute Gasteiger partial charge is 0.465 e. The molecule has 22 heavy (non-hydrogen) atoms. The van der Waals surface area contributed by atoms with Gasteiger partial charge in [-0.1, -0.05) is 54.1 Å². The fraction of sp³-hybridized carbons (Fsp3) is 0.235. The molecule has 0 fully saturated rings. The molecule has 0 saturated carbocycles. The number of carbonyl (C=O) groups is 1. The molecule has 0 heterocycles. The van der Waals surface area contributed by atoms with Gasteiger partial charge in [0, 0.05) is 18.2 Å². The molecule has 2 aromatic carbocycles. The van der Waals surface area contributed by atoms with Gasteiger partial charge in [-0.05, 0) is 29.2 Å².